The van der Waals surface area contributed by atoms with Gasteiger partial charge >= 0.3 is 6.03 Å². The minimum Gasteiger partial charge on any atom is -0.509 e. The molecule has 10 heteroatoms. The van der Waals surface area contributed by atoms with Crippen molar-refractivity contribution in [2.75, 3.05) is 23.3 Å². The summed E-state index contributed by atoms with van der Waals surface area (Å²) >= 11 is 0. The number of aromatic nitrogens is 3. The van der Waals surface area contributed by atoms with Crippen LogP contribution in [0.25, 0.3) is 5.65 Å². The Bertz CT molecular complexity index is 1180. The molecule has 4 heterocycles. The van der Waals surface area contributed by atoms with Crippen LogP contribution >= 0.6 is 0 Å². The molecular weight excluding hydrogens is 394 g/mol. The lowest BCUT2D eigenvalue weighted by atomic mass is 10.0. The van der Waals surface area contributed by atoms with E-state index in [-0.39, 0.29) is 18.3 Å². The van der Waals surface area contributed by atoms with Gasteiger partial charge in [-0.05, 0) is 37.1 Å². The zero-order chi connectivity index (χ0) is 20.8. The highest BCUT2D eigenvalue weighted by Crippen LogP contribution is 2.37. The highest BCUT2D eigenvalue weighted by atomic mass is 19.1. The molecule has 2 aliphatic heterocycles. The van der Waals surface area contributed by atoms with E-state index in [4.69, 9.17) is 0 Å². The van der Waals surface area contributed by atoms with Crippen molar-refractivity contribution in [1.29, 1.82) is 0 Å². The molecule has 154 valence electrons. The highest BCUT2D eigenvalue weighted by Gasteiger charge is 2.30. The lowest BCUT2D eigenvalue weighted by Gasteiger charge is -2.27. The van der Waals surface area contributed by atoms with Gasteiger partial charge in [0.1, 0.15) is 28.9 Å². The first kappa shape index (κ1) is 18.3. The second-order valence-corrected chi connectivity index (χ2v) is 7.31. The van der Waals surface area contributed by atoms with Crippen LogP contribution < -0.4 is 10.2 Å². The number of anilines is 2. The molecule has 2 aliphatic rings. The van der Waals surface area contributed by atoms with Gasteiger partial charge in [0.2, 0.25) is 0 Å². The number of aliphatic hydroxyl groups is 1. The summed E-state index contributed by atoms with van der Waals surface area (Å²) in [6.07, 6.45) is 6.03. The van der Waals surface area contributed by atoms with E-state index in [1.165, 1.54) is 27.9 Å². The van der Waals surface area contributed by atoms with Crippen LogP contribution in [0.3, 0.4) is 0 Å². The number of halogens is 2. The summed E-state index contributed by atoms with van der Waals surface area (Å²) < 4.78 is 29.6. The SMILES string of the molecule is O=C(Nc1cnn2ccc(N3CCC[C@@H]3c3cc(F)ccc3F)nc12)N1C=C(O)C1. The van der Waals surface area contributed by atoms with Crippen LogP contribution in [-0.2, 0) is 0 Å². The van der Waals surface area contributed by atoms with E-state index in [0.29, 0.717) is 35.7 Å². The van der Waals surface area contributed by atoms with Crippen molar-refractivity contribution in [1.82, 2.24) is 19.5 Å². The van der Waals surface area contributed by atoms with Crippen molar-refractivity contribution in [2.45, 2.75) is 18.9 Å². The normalized spacial score (nSPS) is 18.5. The van der Waals surface area contributed by atoms with Crippen LogP contribution in [-0.4, -0.2) is 43.7 Å². The fourth-order valence-electron chi connectivity index (χ4n) is 3.89. The molecule has 0 saturated carbocycles. The summed E-state index contributed by atoms with van der Waals surface area (Å²) in [5.41, 5.74) is 1.15. The number of carbonyl (C=O) groups is 1. The maximum Gasteiger partial charge on any atom is 0.326 e. The van der Waals surface area contributed by atoms with E-state index in [0.717, 1.165) is 18.6 Å². The third-order valence-electron chi connectivity index (χ3n) is 5.36. The second-order valence-electron chi connectivity index (χ2n) is 7.31. The third kappa shape index (κ3) is 3.10. The molecule has 0 unspecified atom stereocenters. The summed E-state index contributed by atoms with van der Waals surface area (Å²) in [5, 5.41) is 16.1. The minimum atomic E-state index is -0.478. The van der Waals surface area contributed by atoms with Gasteiger partial charge in [-0.25, -0.2) is 23.1 Å². The van der Waals surface area contributed by atoms with Crippen LogP contribution in [0.5, 0.6) is 0 Å². The highest BCUT2D eigenvalue weighted by molar-refractivity contribution is 5.94. The van der Waals surface area contributed by atoms with E-state index < -0.39 is 17.7 Å². The molecule has 1 saturated heterocycles. The van der Waals surface area contributed by atoms with Crippen molar-refractivity contribution in [3.05, 3.63) is 65.8 Å². The molecule has 1 aromatic carbocycles. The molecule has 30 heavy (non-hydrogen) atoms. The van der Waals surface area contributed by atoms with Crippen LogP contribution in [0.1, 0.15) is 24.4 Å². The second kappa shape index (κ2) is 6.97. The number of benzene rings is 1. The molecule has 3 aromatic rings. The lowest BCUT2D eigenvalue weighted by molar-refractivity contribution is 0.208. The lowest BCUT2D eigenvalue weighted by Crippen LogP contribution is -2.38. The average molecular weight is 412 g/mol. The topological polar surface area (TPSA) is 86.0 Å². The van der Waals surface area contributed by atoms with Gasteiger partial charge in [-0.2, -0.15) is 5.10 Å². The van der Waals surface area contributed by atoms with Gasteiger partial charge in [-0.3, -0.25) is 4.90 Å². The molecule has 2 amide bonds. The van der Waals surface area contributed by atoms with Crippen LogP contribution in [0.15, 0.2) is 48.6 Å². The molecule has 5 rings (SSSR count). The van der Waals surface area contributed by atoms with E-state index in [1.54, 1.807) is 12.3 Å². The first-order valence-corrected chi connectivity index (χ1v) is 9.53. The first-order chi connectivity index (χ1) is 14.5. The van der Waals surface area contributed by atoms with E-state index in [1.807, 2.05) is 4.90 Å². The molecule has 1 atom stereocenters. The van der Waals surface area contributed by atoms with Crippen molar-refractivity contribution >= 4 is 23.2 Å². The van der Waals surface area contributed by atoms with Crippen molar-refractivity contribution in [3.8, 4) is 0 Å². The third-order valence-corrected chi connectivity index (χ3v) is 5.36. The van der Waals surface area contributed by atoms with Crippen molar-refractivity contribution in [3.63, 3.8) is 0 Å². The van der Waals surface area contributed by atoms with Crippen molar-refractivity contribution < 1.29 is 18.7 Å². The molecule has 0 spiro atoms. The zero-order valence-corrected chi connectivity index (χ0v) is 15.8. The van der Waals surface area contributed by atoms with Gasteiger partial charge < -0.3 is 15.3 Å². The largest absolute Gasteiger partial charge is 0.509 e. The average Bonchev–Trinajstić information content (AvgIpc) is 3.34. The van der Waals surface area contributed by atoms with Crippen molar-refractivity contribution in [2.24, 2.45) is 0 Å². The Balaban J connectivity index is 1.45. The summed E-state index contributed by atoms with van der Waals surface area (Å²) in [4.78, 5) is 20.1. The van der Waals surface area contributed by atoms with Crippen LogP contribution in [0, 0.1) is 11.6 Å². The van der Waals surface area contributed by atoms with Gasteiger partial charge in [0.25, 0.3) is 0 Å². The molecule has 8 nitrogen and oxygen atoms in total. The number of urea groups is 1. The number of carbonyl (C=O) groups excluding carboxylic acids is 1. The Kier molecular flexibility index (Phi) is 4.27. The number of amides is 2. The van der Waals surface area contributed by atoms with Crippen LogP contribution in [0.4, 0.5) is 25.1 Å². The number of aliphatic hydroxyl groups excluding tert-OH is 1. The van der Waals surface area contributed by atoms with Crippen LogP contribution in [0.2, 0.25) is 0 Å². The van der Waals surface area contributed by atoms with Gasteiger partial charge in [-0.15, -0.1) is 0 Å². The zero-order valence-electron chi connectivity index (χ0n) is 15.8. The monoisotopic (exact) mass is 412 g/mol. The molecule has 0 radical (unpaired) electrons. The van der Waals surface area contributed by atoms with E-state index in [9.17, 15) is 18.7 Å². The molecular formula is C20H18F2N6O2. The fraction of sp³-hybridized carbons (Fsp3) is 0.250. The Morgan fingerprint density at radius 2 is 2.10 bits per heavy atom. The summed E-state index contributed by atoms with van der Waals surface area (Å²) in [7, 11) is 0. The van der Waals surface area contributed by atoms with E-state index in [2.05, 4.69) is 15.4 Å². The van der Waals surface area contributed by atoms with Gasteiger partial charge in [-0.1, -0.05) is 0 Å². The Morgan fingerprint density at radius 3 is 2.90 bits per heavy atom. The maximum absolute atomic E-state index is 14.4. The molecule has 2 aromatic heterocycles. The maximum atomic E-state index is 14.4. The molecule has 2 N–H and O–H groups in total. The predicted molar refractivity (Wildman–Crippen MR) is 105 cm³/mol. The molecule has 0 bridgehead atoms. The van der Waals surface area contributed by atoms with Gasteiger partial charge in [0.05, 0.1) is 18.8 Å². The minimum absolute atomic E-state index is 0.134. The van der Waals surface area contributed by atoms with E-state index >= 15 is 0 Å². The fourth-order valence-corrected chi connectivity index (χ4v) is 3.89. The number of hydrogen-bond acceptors (Lipinski definition) is 5. The molecule has 1 fully saturated rings. The van der Waals surface area contributed by atoms with Gasteiger partial charge in [0.15, 0.2) is 5.65 Å². The summed E-state index contributed by atoms with van der Waals surface area (Å²) in [5.74, 6) is -0.202. The number of hydrogen-bond donors (Lipinski definition) is 2. The Morgan fingerprint density at radius 1 is 1.27 bits per heavy atom. The first-order valence-electron chi connectivity index (χ1n) is 9.53. The number of nitrogens with zero attached hydrogens (tertiary/aromatic N) is 5. The van der Waals surface area contributed by atoms with Gasteiger partial charge in [0, 0.05) is 24.5 Å². The number of nitrogens with one attached hydrogen (secondary N) is 1. The smallest absolute Gasteiger partial charge is 0.326 e. The quantitative estimate of drug-likeness (QED) is 0.687. The summed E-state index contributed by atoms with van der Waals surface area (Å²) in [6, 6.07) is 4.51. The number of fused-ring (bicyclic) bond motifs is 1. The number of rotatable bonds is 3. The Labute approximate surface area is 170 Å². The predicted octanol–water partition coefficient (Wildman–Crippen LogP) is 3.60. The standard InChI is InChI=1S/C20H18F2N6O2/c21-12-3-4-15(22)14(8-12)17-2-1-6-27(17)18-5-7-28-19(25-18)16(9-23-28)24-20(30)26-10-13(29)11-26/h3-5,7-10,17,29H,1-2,6,11H2,(H,24,30)/t17-/m1/s1. The molecule has 0 aliphatic carbocycles. The Hall–Kier alpha value is -3.69. The summed E-state index contributed by atoms with van der Waals surface area (Å²) in [6.45, 7) is 0.801.